The van der Waals surface area contributed by atoms with Crippen LogP contribution in [0.3, 0.4) is 0 Å². The highest BCUT2D eigenvalue weighted by atomic mass is 16.5. The van der Waals surface area contributed by atoms with E-state index in [0.29, 0.717) is 0 Å². The molecule has 2 rings (SSSR count). The first-order valence-electron chi connectivity index (χ1n) is 6.05. The van der Waals surface area contributed by atoms with E-state index in [9.17, 15) is 9.59 Å². The zero-order chi connectivity index (χ0) is 14.5. The maximum absolute atomic E-state index is 11.9. The minimum Gasteiger partial charge on any atom is -0.465 e. The summed E-state index contributed by atoms with van der Waals surface area (Å²) < 4.78 is 9.44. The third kappa shape index (κ3) is 2.78. The van der Waals surface area contributed by atoms with Crippen LogP contribution in [-0.2, 0) is 19.1 Å². The number of ketones is 1. The summed E-state index contributed by atoms with van der Waals surface area (Å²) in [7, 11) is 2.65. The molecule has 0 bridgehead atoms. The van der Waals surface area contributed by atoms with E-state index in [2.05, 4.69) is 9.72 Å². The highest BCUT2D eigenvalue weighted by Gasteiger charge is 2.19. The number of rotatable bonds is 5. The maximum Gasteiger partial charge on any atom is 0.341 e. The second-order valence-electron chi connectivity index (χ2n) is 4.19. The highest BCUT2D eigenvalue weighted by Crippen LogP contribution is 2.20. The number of Topliss-reactive ketones (excluding diaryl/α,β-unsaturated/α-hetero) is 1. The van der Waals surface area contributed by atoms with Crippen molar-refractivity contribution in [3.63, 3.8) is 0 Å². The van der Waals surface area contributed by atoms with Gasteiger partial charge in [-0.15, -0.1) is 0 Å². The lowest BCUT2D eigenvalue weighted by Crippen LogP contribution is -2.18. The van der Waals surface area contributed by atoms with Crippen molar-refractivity contribution >= 4 is 28.7 Å². The summed E-state index contributed by atoms with van der Waals surface area (Å²) in [6.45, 7) is -0.163. The van der Waals surface area contributed by atoms with Gasteiger partial charge in [-0.25, -0.2) is 4.79 Å². The number of aromatic amines is 1. The number of aromatic nitrogens is 1. The second kappa shape index (κ2) is 6.16. The molecule has 2 aromatic rings. The third-order valence-corrected chi connectivity index (χ3v) is 2.91. The van der Waals surface area contributed by atoms with Crippen molar-refractivity contribution in [1.82, 2.24) is 4.98 Å². The molecule has 0 saturated heterocycles. The zero-order valence-electron chi connectivity index (χ0n) is 11.3. The molecule has 0 aliphatic carbocycles. The number of hydrogen-bond acceptors (Lipinski definition) is 4. The Bertz CT molecular complexity index is 669. The molecule has 1 N–H and O–H groups in total. The van der Waals surface area contributed by atoms with Crippen molar-refractivity contribution in [1.29, 1.82) is 0 Å². The van der Waals surface area contributed by atoms with E-state index in [-0.39, 0.29) is 12.2 Å². The summed E-state index contributed by atoms with van der Waals surface area (Å²) in [5.41, 5.74) is 1.68. The van der Waals surface area contributed by atoms with Gasteiger partial charge in [-0.3, -0.25) is 4.79 Å². The molecule has 0 aliphatic heterocycles. The molecule has 0 saturated carbocycles. The average molecular weight is 273 g/mol. The lowest BCUT2D eigenvalue weighted by molar-refractivity contribution is -0.138. The zero-order valence-corrected chi connectivity index (χ0v) is 11.3. The second-order valence-corrected chi connectivity index (χ2v) is 4.19. The first-order valence-corrected chi connectivity index (χ1v) is 6.05. The summed E-state index contributed by atoms with van der Waals surface area (Å²) in [4.78, 5) is 26.7. The number of benzene rings is 1. The number of hydrogen-bond donors (Lipinski definition) is 1. The number of methoxy groups -OCH3 is 2. The first-order chi connectivity index (χ1) is 9.67. The Labute approximate surface area is 116 Å². The number of ether oxygens (including phenoxy) is 2. The number of carbonyl (C=O) groups excluding carboxylic acids is 2. The fourth-order valence-corrected chi connectivity index (χ4v) is 1.96. The number of fused-ring (bicyclic) bond motifs is 1. The monoisotopic (exact) mass is 273 g/mol. The van der Waals surface area contributed by atoms with Crippen molar-refractivity contribution in [2.24, 2.45) is 0 Å². The Morgan fingerprint density at radius 3 is 2.75 bits per heavy atom. The van der Waals surface area contributed by atoms with Gasteiger partial charge in [-0.05, 0) is 23.8 Å². The molecule has 0 amide bonds. The van der Waals surface area contributed by atoms with Crippen molar-refractivity contribution < 1.29 is 19.1 Å². The maximum atomic E-state index is 11.9. The lowest BCUT2D eigenvalue weighted by atomic mass is 10.0. The number of H-pyrrole nitrogens is 1. The minimum absolute atomic E-state index is 0.0250. The van der Waals surface area contributed by atoms with Crippen LogP contribution in [0.25, 0.3) is 17.0 Å². The van der Waals surface area contributed by atoms with Gasteiger partial charge in [0.1, 0.15) is 12.2 Å². The molecule has 0 unspecified atom stereocenters. The molecule has 20 heavy (non-hydrogen) atoms. The molecule has 5 heteroatoms. The van der Waals surface area contributed by atoms with Crippen molar-refractivity contribution in [2.45, 2.75) is 0 Å². The van der Waals surface area contributed by atoms with Gasteiger partial charge in [0.05, 0.1) is 7.11 Å². The molecule has 0 aliphatic rings. The molecule has 0 atom stereocenters. The van der Waals surface area contributed by atoms with Crippen molar-refractivity contribution in [3.8, 4) is 0 Å². The predicted molar refractivity (Wildman–Crippen MR) is 75.2 cm³/mol. The van der Waals surface area contributed by atoms with E-state index < -0.39 is 11.8 Å². The van der Waals surface area contributed by atoms with Crippen LogP contribution < -0.4 is 0 Å². The quantitative estimate of drug-likeness (QED) is 0.391. The number of carbonyl (C=O) groups is 2. The van der Waals surface area contributed by atoms with Crippen LogP contribution in [0, 0.1) is 0 Å². The highest BCUT2D eigenvalue weighted by molar-refractivity contribution is 6.21. The molecular weight excluding hydrogens is 258 g/mol. The van der Waals surface area contributed by atoms with Gasteiger partial charge in [0.15, 0.2) is 5.78 Å². The SMILES string of the molecule is COCC(=O)/C(=C/c1cccc2[nH]ccc12)C(=O)OC. The van der Waals surface area contributed by atoms with Gasteiger partial charge < -0.3 is 14.5 Å². The van der Waals surface area contributed by atoms with Gasteiger partial charge in [0.25, 0.3) is 0 Å². The van der Waals surface area contributed by atoms with Gasteiger partial charge in [0, 0.05) is 24.2 Å². The molecule has 1 heterocycles. The average Bonchev–Trinajstić information content (AvgIpc) is 2.93. The smallest absolute Gasteiger partial charge is 0.341 e. The molecule has 0 radical (unpaired) electrons. The van der Waals surface area contributed by atoms with Crippen LogP contribution in [0.5, 0.6) is 0 Å². The van der Waals surface area contributed by atoms with E-state index in [4.69, 9.17) is 4.74 Å². The fourth-order valence-electron chi connectivity index (χ4n) is 1.96. The van der Waals surface area contributed by atoms with Gasteiger partial charge in [-0.2, -0.15) is 0 Å². The first kappa shape index (κ1) is 14.0. The van der Waals surface area contributed by atoms with Crippen LogP contribution in [0.15, 0.2) is 36.0 Å². The normalized spacial score (nSPS) is 11.6. The predicted octanol–water partition coefficient (Wildman–Crippen LogP) is 1.94. The van der Waals surface area contributed by atoms with Crippen LogP contribution in [0.4, 0.5) is 0 Å². The third-order valence-electron chi connectivity index (χ3n) is 2.91. The van der Waals surface area contributed by atoms with Gasteiger partial charge in [-0.1, -0.05) is 12.1 Å². The standard InChI is InChI=1S/C15H15NO4/c1-19-9-14(17)12(15(18)20-2)8-10-4-3-5-13-11(10)6-7-16-13/h3-8,16H,9H2,1-2H3/b12-8-. The van der Waals surface area contributed by atoms with Gasteiger partial charge in [0.2, 0.25) is 0 Å². The van der Waals surface area contributed by atoms with Crippen LogP contribution in [0.1, 0.15) is 5.56 Å². The van der Waals surface area contributed by atoms with E-state index >= 15 is 0 Å². The van der Waals surface area contributed by atoms with E-state index in [0.717, 1.165) is 16.5 Å². The Morgan fingerprint density at radius 2 is 2.05 bits per heavy atom. The van der Waals surface area contributed by atoms with E-state index in [1.165, 1.54) is 20.3 Å². The molecule has 104 valence electrons. The number of esters is 1. The van der Waals surface area contributed by atoms with Crippen LogP contribution in [-0.4, -0.2) is 37.6 Å². The molecular formula is C15H15NO4. The fraction of sp³-hybridized carbons (Fsp3) is 0.200. The van der Waals surface area contributed by atoms with Gasteiger partial charge >= 0.3 is 5.97 Å². The summed E-state index contributed by atoms with van der Waals surface area (Å²) in [6, 6.07) is 7.48. The van der Waals surface area contributed by atoms with Crippen molar-refractivity contribution in [3.05, 3.63) is 41.6 Å². The molecule has 1 aromatic carbocycles. The summed E-state index contributed by atoms with van der Waals surface area (Å²) in [6.07, 6.45) is 3.33. The van der Waals surface area contributed by atoms with Crippen LogP contribution in [0.2, 0.25) is 0 Å². The number of nitrogens with one attached hydrogen (secondary N) is 1. The summed E-state index contributed by atoms with van der Waals surface area (Å²) in [5, 5.41) is 0.930. The molecule has 1 aromatic heterocycles. The Kier molecular flexibility index (Phi) is 4.32. The Hall–Kier alpha value is -2.40. The Balaban J connectivity index is 2.49. The largest absolute Gasteiger partial charge is 0.465 e. The minimum atomic E-state index is -0.667. The van der Waals surface area contributed by atoms with Crippen LogP contribution >= 0.6 is 0 Å². The summed E-state index contributed by atoms with van der Waals surface area (Å²) >= 11 is 0. The topological polar surface area (TPSA) is 68.4 Å². The molecule has 5 nitrogen and oxygen atoms in total. The van der Waals surface area contributed by atoms with E-state index in [1.54, 1.807) is 6.20 Å². The molecule has 0 fully saturated rings. The van der Waals surface area contributed by atoms with Crippen molar-refractivity contribution in [2.75, 3.05) is 20.8 Å². The summed E-state index contributed by atoms with van der Waals surface area (Å²) in [5.74, 6) is -1.08. The lowest BCUT2D eigenvalue weighted by Gasteiger charge is -2.05. The van der Waals surface area contributed by atoms with E-state index in [1.807, 2.05) is 24.3 Å². The molecule has 0 spiro atoms. The Morgan fingerprint density at radius 1 is 1.25 bits per heavy atom.